The number of pyridine rings is 1. The van der Waals surface area contributed by atoms with Gasteiger partial charge in [0, 0.05) is 22.5 Å². The summed E-state index contributed by atoms with van der Waals surface area (Å²) in [4.78, 5) is 4.94. The fourth-order valence-corrected chi connectivity index (χ4v) is 5.17. The van der Waals surface area contributed by atoms with Gasteiger partial charge in [-0.25, -0.2) is 8.42 Å². The van der Waals surface area contributed by atoms with Crippen molar-refractivity contribution in [2.75, 3.05) is 11.1 Å². The highest BCUT2D eigenvalue weighted by Gasteiger charge is 2.27. The Morgan fingerprint density at radius 2 is 1.55 bits per heavy atom. The minimum absolute atomic E-state index is 0.0931. The van der Waals surface area contributed by atoms with Crippen LogP contribution in [0.2, 0.25) is 0 Å². The Morgan fingerprint density at radius 1 is 0.955 bits per heavy atom. The summed E-state index contributed by atoms with van der Waals surface area (Å²) in [7, 11) is -3.02. The highest BCUT2D eigenvalue weighted by Crippen LogP contribution is 2.36. The van der Waals surface area contributed by atoms with E-state index in [0.29, 0.717) is 0 Å². The van der Waals surface area contributed by atoms with Crippen molar-refractivity contribution in [1.29, 1.82) is 0 Å². The van der Waals surface area contributed by atoms with Crippen molar-refractivity contribution in [3.63, 3.8) is 0 Å². The number of hydrogen-bond acceptors (Lipinski definition) is 4. The molecule has 1 N–H and O–H groups in total. The Balaban J connectivity index is 1.75. The third-order valence-corrected chi connectivity index (χ3v) is 6.41. The van der Waals surface area contributed by atoms with E-state index in [-0.39, 0.29) is 11.8 Å². The Kier molecular flexibility index (Phi) is 3.48. The van der Waals surface area contributed by atoms with Gasteiger partial charge in [-0.05, 0) is 62.5 Å². The maximum Gasteiger partial charge on any atom is 0.173 e. The Labute approximate surface area is 131 Å². The molecule has 2 heterocycles. The van der Waals surface area contributed by atoms with Crippen LogP contribution in [0.15, 0.2) is 11.5 Å². The first-order valence-electron chi connectivity index (χ1n) is 8.33. The summed E-state index contributed by atoms with van der Waals surface area (Å²) in [6.07, 6.45) is 10.9. The van der Waals surface area contributed by atoms with Gasteiger partial charge >= 0.3 is 0 Å². The van der Waals surface area contributed by atoms with E-state index in [1.54, 1.807) is 6.08 Å². The van der Waals surface area contributed by atoms with Crippen LogP contribution in [0.4, 0.5) is 5.69 Å². The molecule has 0 aromatic carbocycles. The number of aryl methyl sites for hydroxylation is 2. The third kappa shape index (κ3) is 2.56. The van der Waals surface area contributed by atoms with Crippen LogP contribution >= 0.6 is 0 Å². The number of hydrogen-bond donors (Lipinski definition) is 1. The van der Waals surface area contributed by atoms with Gasteiger partial charge in [0.25, 0.3) is 0 Å². The van der Waals surface area contributed by atoms with Gasteiger partial charge in [-0.2, -0.15) is 0 Å². The van der Waals surface area contributed by atoms with E-state index in [4.69, 9.17) is 4.98 Å². The summed E-state index contributed by atoms with van der Waals surface area (Å²) in [6.45, 7) is 0. The molecule has 4 nitrogen and oxygen atoms in total. The molecule has 0 spiro atoms. The second kappa shape index (κ2) is 5.37. The molecule has 0 fully saturated rings. The van der Waals surface area contributed by atoms with Crippen LogP contribution in [0.3, 0.4) is 0 Å². The fraction of sp³-hybridized carbons (Fsp3) is 0.588. The van der Waals surface area contributed by atoms with E-state index in [0.717, 1.165) is 25.7 Å². The molecule has 0 saturated heterocycles. The molecule has 0 unspecified atom stereocenters. The predicted octanol–water partition coefficient (Wildman–Crippen LogP) is 2.56. The van der Waals surface area contributed by atoms with Crippen molar-refractivity contribution < 1.29 is 8.42 Å². The molecule has 0 amide bonds. The van der Waals surface area contributed by atoms with Gasteiger partial charge in [-0.3, -0.25) is 4.98 Å². The molecule has 1 aromatic heterocycles. The second-order valence-electron chi connectivity index (χ2n) is 6.66. The van der Waals surface area contributed by atoms with Gasteiger partial charge in [0.1, 0.15) is 0 Å². The monoisotopic (exact) mass is 318 g/mol. The average molecular weight is 318 g/mol. The molecule has 4 rings (SSSR count). The van der Waals surface area contributed by atoms with Gasteiger partial charge < -0.3 is 5.32 Å². The summed E-state index contributed by atoms with van der Waals surface area (Å²) in [5.74, 6) is 0.179. The maximum absolute atomic E-state index is 11.7. The van der Waals surface area contributed by atoms with Crippen LogP contribution in [0.25, 0.3) is 0 Å². The third-order valence-electron chi connectivity index (χ3n) is 5.01. The summed E-state index contributed by atoms with van der Waals surface area (Å²) in [5.41, 5.74) is 6.42. The second-order valence-corrected chi connectivity index (χ2v) is 8.59. The van der Waals surface area contributed by atoms with Crippen molar-refractivity contribution in [1.82, 2.24) is 4.98 Å². The van der Waals surface area contributed by atoms with E-state index in [1.807, 2.05) is 0 Å². The zero-order chi connectivity index (χ0) is 15.2. The molecule has 1 atom stereocenters. The van der Waals surface area contributed by atoms with Crippen molar-refractivity contribution in [2.24, 2.45) is 0 Å². The first-order chi connectivity index (χ1) is 10.6. The van der Waals surface area contributed by atoms with E-state index >= 15 is 0 Å². The number of sulfone groups is 1. The minimum Gasteiger partial charge on any atom is -0.377 e. The van der Waals surface area contributed by atoms with Crippen molar-refractivity contribution in [3.05, 3.63) is 34.0 Å². The smallest absolute Gasteiger partial charge is 0.173 e. The van der Waals surface area contributed by atoms with Gasteiger partial charge in [-0.15, -0.1) is 0 Å². The quantitative estimate of drug-likeness (QED) is 0.910. The normalized spacial score (nSPS) is 25.5. The highest BCUT2D eigenvalue weighted by atomic mass is 32.2. The van der Waals surface area contributed by atoms with E-state index in [9.17, 15) is 8.42 Å². The van der Waals surface area contributed by atoms with Crippen LogP contribution in [-0.4, -0.2) is 25.2 Å². The van der Waals surface area contributed by atoms with E-state index < -0.39 is 9.84 Å². The van der Waals surface area contributed by atoms with Crippen molar-refractivity contribution in [2.45, 2.75) is 57.4 Å². The predicted molar refractivity (Wildman–Crippen MR) is 87.9 cm³/mol. The minimum atomic E-state index is -3.02. The zero-order valence-corrected chi connectivity index (χ0v) is 13.6. The SMILES string of the molecule is O=S1(=O)C=C[C@@H](Nc2c3c(nc4c2CCCC4)CCCC3)C1. The first kappa shape index (κ1) is 14.2. The first-order valence-corrected chi connectivity index (χ1v) is 10.0. The number of anilines is 1. The number of nitrogens with zero attached hydrogens (tertiary/aromatic N) is 1. The number of fused-ring (bicyclic) bond motifs is 2. The molecule has 118 valence electrons. The molecular formula is C17H22N2O2S. The van der Waals surface area contributed by atoms with Gasteiger partial charge in [-0.1, -0.05) is 6.08 Å². The van der Waals surface area contributed by atoms with Gasteiger partial charge in [0.15, 0.2) is 9.84 Å². The van der Waals surface area contributed by atoms with Gasteiger partial charge in [0.2, 0.25) is 0 Å². The fourth-order valence-electron chi connectivity index (χ4n) is 3.93. The van der Waals surface area contributed by atoms with Crippen molar-refractivity contribution >= 4 is 15.5 Å². The lowest BCUT2D eigenvalue weighted by Crippen LogP contribution is -2.25. The average Bonchev–Trinajstić information content (AvgIpc) is 2.86. The molecule has 1 aromatic rings. The number of rotatable bonds is 2. The molecule has 0 radical (unpaired) electrons. The molecule has 2 aliphatic carbocycles. The summed E-state index contributed by atoms with van der Waals surface area (Å²) < 4.78 is 23.3. The topological polar surface area (TPSA) is 59.1 Å². The lowest BCUT2D eigenvalue weighted by Gasteiger charge is -2.28. The number of nitrogens with one attached hydrogen (secondary N) is 1. The van der Waals surface area contributed by atoms with Crippen LogP contribution in [0.5, 0.6) is 0 Å². The molecular weight excluding hydrogens is 296 g/mol. The van der Waals surface area contributed by atoms with Crippen LogP contribution < -0.4 is 5.32 Å². The van der Waals surface area contributed by atoms with Crippen molar-refractivity contribution in [3.8, 4) is 0 Å². The molecule has 3 aliphatic rings. The Hall–Kier alpha value is -1.36. The number of aromatic nitrogens is 1. The Morgan fingerprint density at radius 3 is 2.09 bits per heavy atom. The standard InChI is InChI=1S/C17H22N2O2S/c20-22(21)10-9-12(11-22)18-17-13-5-1-3-7-15(13)19-16-8-4-2-6-14(16)17/h9-10,12H,1-8,11H2,(H,18,19)/t12-/m1/s1. The van der Waals surface area contributed by atoms with E-state index in [1.165, 1.54) is 59.3 Å². The summed E-state index contributed by atoms with van der Waals surface area (Å²) >= 11 is 0. The lowest BCUT2D eigenvalue weighted by atomic mass is 9.87. The molecule has 0 bridgehead atoms. The van der Waals surface area contributed by atoms with E-state index in [2.05, 4.69) is 5.32 Å². The molecule has 1 aliphatic heterocycles. The summed E-state index contributed by atoms with van der Waals surface area (Å²) in [5, 5.41) is 4.90. The van der Waals surface area contributed by atoms with Crippen LogP contribution in [-0.2, 0) is 35.5 Å². The maximum atomic E-state index is 11.7. The van der Waals surface area contributed by atoms with Crippen LogP contribution in [0, 0.1) is 0 Å². The zero-order valence-electron chi connectivity index (χ0n) is 12.8. The van der Waals surface area contributed by atoms with Gasteiger partial charge in [0.05, 0.1) is 11.8 Å². The molecule has 22 heavy (non-hydrogen) atoms. The lowest BCUT2D eigenvalue weighted by molar-refractivity contribution is 0.605. The highest BCUT2D eigenvalue weighted by molar-refractivity contribution is 7.94. The molecule has 5 heteroatoms. The van der Waals surface area contributed by atoms with Crippen LogP contribution in [0.1, 0.15) is 48.2 Å². The summed E-state index contributed by atoms with van der Waals surface area (Å²) in [6, 6.07) is -0.0931. The largest absolute Gasteiger partial charge is 0.377 e. The molecule has 0 saturated carbocycles. The Bertz CT molecular complexity index is 703.